The van der Waals surface area contributed by atoms with Crippen LogP contribution >= 0.6 is 0 Å². The van der Waals surface area contributed by atoms with Crippen molar-refractivity contribution in [1.29, 1.82) is 0 Å². The maximum Gasteiger partial charge on any atom is 0.257 e. The lowest BCUT2D eigenvalue weighted by atomic mass is 10.2. The largest absolute Gasteiger partial charge is 0.472 e. The fraction of sp³-hybridized carbons (Fsp3) is 0.308. The van der Waals surface area contributed by atoms with Crippen LogP contribution in [0.5, 0.6) is 5.88 Å². The first kappa shape index (κ1) is 12.6. The van der Waals surface area contributed by atoms with Gasteiger partial charge in [-0.05, 0) is 6.07 Å². The molecule has 20 heavy (non-hydrogen) atoms. The summed E-state index contributed by atoms with van der Waals surface area (Å²) >= 11 is 0. The molecule has 2 aromatic rings. The summed E-state index contributed by atoms with van der Waals surface area (Å²) in [6.45, 7) is 1.24. The molecule has 0 spiro atoms. The average Bonchev–Trinajstić information content (AvgIpc) is 3.12. The van der Waals surface area contributed by atoms with Crippen LogP contribution in [0.3, 0.4) is 0 Å². The van der Waals surface area contributed by atoms with Crippen molar-refractivity contribution in [3.8, 4) is 5.88 Å². The first-order valence-corrected chi connectivity index (χ1v) is 6.23. The lowest BCUT2D eigenvalue weighted by Crippen LogP contribution is -2.17. The van der Waals surface area contributed by atoms with Crippen LogP contribution in [0.2, 0.25) is 0 Å². The number of ether oxygens (including phenoxy) is 2. The van der Waals surface area contributed by atoms with Gasteiger partial charge in [0.2, 0.25) is 5.88 Å². The van der Waals surface area contributed by atoms with E-state index in [9.17, 15) is 4.79 Å². The average molecular weight is 275 g/mol. The van der Waals surface area contributed by atoms with Gasteiger partial charge >= 0.3 is 0 Å². The van der Waals surface area contributed by atoms with Crippen LogP contribution in [0.1, 0.15) is 16.8 Å². The molecule has 0 radical (unpaired) electrons. The quantitative estimate of drug-likeness (QED) is 0.909. The van der Waals surface area contributed by atoms with E-state index >= 15 is 0 Å². The van der Waals surface area contributed by atoms with E-state index < -0.39 is 0 Å². The Morgan fingerprint density at radius 3 is 3.15 bits per heavy atom. The van der Waals surface area contributed by atoms with Gasteiger partial charge in [0, 0.05) is 30.3 Å². The number of hydrogen-bond acceptors (Lipinski definition) is 6. The van der Waals surface area contributed by atoms with Crippen molar-refractivity contribution in [1.82, 2.24) is 10.1 Å². The smallest absolute Gasteiger partial charge is 0.257 e. The summed E-state index contributed by atoms with van der Waals surface area (Å²) in [5, 5.41) is 6.22. The third kappa shape index (κ3) is 2.94. The third-order valence-corrected chi connectivity index (χ3v) is 2.85. The van der Waals surface area contributed by atoms with Crippen molar-refractivity contribution < 1.29 is 18.8 Å². The molecule has 104 valence electrons. The van der Waals surface area contributed by atoms with Gasteiger partial charge in [-0.1, -0.05) is 5.16 Å². The Morgan fingerprint density at radius 2 is 2.40 bits per heavy atom. The molecule has 0 unspecified atom stereocenters. The number of pyridine rings is 1. The molecule has 0 aromatic carbocycles. The number of aromatic nitrogens is 2. The van der Waals surface area contributed by atoms with Crippen molar-refractivity contribution in [2.24, 2.45) is 0 Å². The molecular formula is C13H13N3O4. The van der Waals surface area contributed by atoms with Gasteiger partial charge in [0.15, 0.2) is 5.82 Å². The Kier molecular flexibility index (Phi) is 3.60. The van der Waals surface area contributed by atoms with Crippen molar-refractivity contribution in [2.45, 2.75) is 12.5 Å². The molecule has 1 aliphatic heterocycles. The highest BCUT2D eigenvalue weighted by Crippen LogP contribution is 2.16. The predicted molar refractivity (Wildman–Crippen MR) is 68.5 cm³/mol. The second-order valence-electron chi connectivity index (χ2n) is 4.33. The number of rotatable bonds is 4. The van der Waals surface area contributed by atoms with Crippen LogP contribution in [-0.4, -0.2) is 35.4 Å². The van der Waals surface area contributed by atoms with Gasteiger partial charge in [0.05, 0.1) is 13.2 Å². The van der Waals surface area contributed by atoms with Gasteiger partial charge in [0.1, 0.15) is 12.4 Å². The first-order chi connectivity index (χ1) is 9.81. The standard InChI is InChI=1S/C13H13N3O4/c17-13(15-11-3-6-19-16-11)9-1-4-14-12(7-9)20-10-2-5-18-8-10/h1,3-4,6-7,10H,2,5,8H2,(H,15,16,17)/t10-/m1/s1. The van der Waals surface area contributed by atoms with E-state index in [0.29, 0.717) is 30.5 Å². The lowest BCUT2D eigenvalue weighted by Gasteiger charge is -2.11. The zero-order valence-corrected chi connectivity index (χ0v) is 10.6. The van der Waals surface area contributed by atoms with Crippen molar-refractivity contribution in [3.05, 3.63) is 36.2 Å². The summed E-state index contributed by atoms with van der Waals surface area (Å²) < 4.78 is 15.5. The summed E-state index contributed by atoms with van der Waals surface area (Å²) in [4.78, 5) is 16.1. The number of carbonyl (C=O) groups excluding carboxylic acids is 1. The zero-order valence-electron chi connectivity index (χ0n) is 10.6. The summed E-state index contributed by atoms with van der Waals surface area (Å²) in [5.74, 6) is 0.473. The van der Waals surface area contributed by atoms with Crippen LogP contribution in [-0.2, 0) is 4.74 Å². The maximum absolute atomic E-state index is 12.0. The van der Waals surface area contributed by atoms with Gasteiger partial charge < -0.3 is 19.3 Å². The molecule has 1 N–H and O–H groups in total. The summed E-state index contributed by atoms with van der Waals surface area (Å²) in [6, 6.07) is 4.76. The SMILES string of the molecule is O=C(Nc1ccon1)c1ccnc(O[C@@H]2CCOC2)c1. The Balaban J connectivity index is 1.68. The molecule has 0 aliphatic carbocycles. The van der Waals surface area contributed by atoms with E-state index in [1.165, 1.54) is 12.5 Å². The fourth-order valence-electron chi connectivity index (χ4n) is 1.86. The molecule has 1 saturated heterocycles. The highest BCUT2D eigenvalue weighted by molar-refractivity contribution is 6.03. The predicted octanol–water partition coefficient (Wildman–Crippen LogP) is 1.49. The maximum atomic E-state index is 12.0. The molecule has 3 rings (SSSR count). The monoisotopic (exact) mass is 275 g/mol. The first-order valence-electron chi connectivity index (χ1n) is 6.23. The highest BCUT2D eigenvalue weighted by atomic mass is 16.5. The van der Waals surface area contributed by atoms with E-state index in [-0.39, 0.29) is 12.0 Å². The van der Waals surface area contributed by atoms with Crippen LogP contribution < -0.4 is 10.1 Å². The summed E-state index contributed by atoms with van der Waals surface area (Å²) in [6.07, 6.45) is 3.74. The Hall–Kier alpha value is -2.41. The number of nitrogens with zero attached hydrogens (tertiary/aromatic N) is 2. The van der Waals surface area contributed by atoms with Gasteiger partial charge in [-0.2, -0.15) is 0 Å². The molecule has 1 aliphatic rings. The minimum absolute atomic E-state index is 0.00338. The molecule has 0 bridgehead atoms. The van der Waals surface area contributed by atoms with E-state index in [4.69, 9.17) is 9.47 Å². The fourth-order valence-corrected chi connectivity index (χ4v) is 1.86. The van der Waals surface area contributed by atoms with E-state index in [2.05, 4.69) is 20.0 Å². The number of amides is 1. The second kappa shape index (κ2) is 5.70. The van der Waals surface area contributed by atoms with Gasteiger partial charge in [0.25, 0.3) is 5.91 Å². The number of hydrogen-bond donors (Lipinski definition) is 1. The molecular weight excluding hydrogens is 262 g/mol. The van der Waals surface area contributed by atoms with Crippen LogP contribution in [0.4, 0.5) is 5.82 Å². The number of nitrogens with one attached hydrogen (secondary N) is 1. The van der Waals surface area contributed by atoms with Crippen LogP contribution in [0.25, 0.3) is 0 Å². The highest BCUT2D eigenvalue weighted by Gasteiger charge is 2.18. The minimum atomic E-state index is -0.297. The molecule has 1 amide bonds. The Bertz CT molecular complexity index is 579. The van der Waals surface area contributed by atoms with Crippen molar-refractivity contribution in [2.75, 3.05) is 18.5 Å². The van der Waals surface area contributed by atoms with Crippen molar-refractivity contribution in [3.63, 3.8) is 0 Å². The van der Waals surface area contributed by atoms with Gasteiger partial charge in [-0.25, -0.2) is 4.98 Å². The van der Waals surface area contributed by atoms with E-state index in [1.54, 1.807) is 18.2 Å². The van der Waals surface area contributed by atoms with E-state index in [1.807, 2.05) is 0 Å². The molecule has 1 atom stereocenters. The van der Waals surface area contributed by atoms with Gasteiger partial charge in [-0.15, -0.1) is 0 Å². The van der Waals surface area contributed by atoms with Crippen molar-refractivity contribution >= 4 is 11.7 Å². The van der Waals surface area contributed by atoms with Gasteiger partial charge in [-0.3, -0.25) is 4.79 Å². The minimum Gasteiger partial charge on any atom is -0.472 e. The second-order valence-corrected chi connectivity index (χ2v) is 4.33. The third-order valence-electron chi connectivity index (χ3n) is 2.85. The number of anilines is 1. The summed E-state index contributed by atoms with van der Waals surface area (Å²) in [7, 11) is 0. The summed E-state index contributed by atoms with van der Waals surface area (Å²) in [5.41, 5.74) is 0.442. The molecule has 2 aromatic heterocycles. The Morgan fingerprint density at radius 1 is 1.45 bits per heavy atom. The van der Waals surface area contributed by atoms with Crippen LogP contribution in [0.15, 0.2) is 35.2 Å². The lowest BCUT2D eigenvalue weighted by molar-refractivity contribution is 0.102. The number of carbonyl (C=O) groups is 1. The topological polar surface area (TPSA) is 86.5 Å². The molecule has 3 heterocycles. The molecule has 7 nitrogen and oxygen atoms in total. The van der Waals surface area contributed by atoms with Crippen LogP contribution in [0, 0.1) is 0 Å². The molecule has 0 saturated carbocycles. The van der Waals surface area contributed by atoms with E-state index in [0.717, 1.165) is 6.42 Å². The Labute approximate surface area is 114 Å². The molecule has 7 heteroatoms. The normalized spacial score (nSPS) is 17.9. The molecule has 1 fully saturated rings. The zero-order chi connectivity index (χ0) is 13.8.